The first-order valence-corrected chi connectivity index (χ1v) is 9.33. The van der Waals surface area contributed by atoms with Crippen LogP contribution in [0.15, 0.2) is 54.9 Å². The summed E-state index contributed by atoms with van der Waals surface area (Å²) in [5.74, 6) is 0.541. The maximum atomic E-state index is 4.26. The molecule has 0 saturated carbocycles. The summed E-state index contributed by atoms with van der Waals surface area (Å²) in [7, 11) is 4.19. The van der Waals surface area contributed by atoms with Crippen LogP contribution in [0.25, 0.3) is 10.8 Å². The molecule has 0 radical (unpaired) electrons. The number of hydrogen-bond acceptors (Lipinski definition) is 4. The molecule has 0 spiro atoms. The van der Waals surface area contributed by atoms with Gasteiger partial charge in [0.25, 0.3) is 0 Å². The summed E-state index contributed by atoms with van der Waals surface area (Å²) >= 11 is 0. The average molecular weight is 349 g/mol. The number of aromatic nitrogens is 2. The van der Waals surface area contributed by atoms with Crippen LogP contribution in [-0.2, 0) is 13.5 Å². The number of rotatable bonds is 6. The molecule has 2 N–H and O–H groups in total. The van der Waals surface area contributed by atoms with Gasteiger partial charge in [-0.2, -0.15) is 5.10 Å². The smallest absolute Gasteiger partial charge is 0.0522 e. The molecule has 1 aliphatic rings. The Morgan fingerprint density at radius 2 is 2.04 bits per heavy atom. The van der Waals surface area contributed by atoms with E-state index in [1.165, 1.54) is 21.9 Å². The van der Waals surface area contributed by atoms with E-state index >= 15 is 0 Å². The van der Waals surface area contributed by atoms with Gasteiger partial charge in [0.15, 0.2) is 0 Å². The highest BCUT2D eigenvalue weighted by atomic mass is 15.4. The highest BCUT2D eigenvalue weighted by Gasteiger charge is 2.30. The summed E-state index contributed by atoms with van der Waals surface area (Å²) in [5.41, 5.74) is 9.57. The zero-order chi connectivity index (χ0) is 17.9. The van der Waals surface area contributed by atoms with Crippen LogP contribution < -0.4 is 10.9 Å². The molecule has 5 nitrogen and oxygen atoms in total. The van der Waals surface area contributed by atoms with Crippen molar-refractivity contribution in [3.8, 4) is 0 Å². The molecular weight excluding hydrogens is 322 g/mol. The van der Waals surface area contributed by atoms with Crippen LogP contribution in [0.2, 0.25) is 0 Å². The van der Waals surface area contributed by atoms with Crippen LogP contribution in [0.3, 0.4) is 0 Å². The summed E-state index contributed by atoms with van der Waals surface area (Å²) in [4.78, 5) is 2.43. The van der Waals surface area contributed by atoms with Gasteiger partial charge in [0.2, 0.25) is 0 Å². The lowest BCUT2D eigenvalue weighted by molar-refractivity contribution is 0.272. The minimum atomic E-state index is 0.335. The molecule has 3 aromatic rings. The summed E-state index contributed by atoms with van der Waals surface area (Å²) < 4.78 is 1.87. The molecule has 1 aliphatic heterocycles. The Balaban J connectivity index is 1.44. The third-order valence-corrected chi connectivity index (χ3v) is 5.34. The largest absolute Gasteiger partial charge is 0.306 e. The van der Waals surface area contributed by atoms with Crippen LogP contribution in [-0.4, -0.2) is 41.4 Å². The van der Waals surface area contributed by atoms with Gasteiger partial charge in [-0.15, -0.1) is 0 Å². The standard InChI is InChI=1S/C21H27N5/c1-25(11-10-16-12-23-26(2)14-16)15-18-13-22-24-21(18)20-9-5-7-17-6-3-4-8-19(17)20/h3-9,12,14,18,21-22,24H,10-11,13,15H2,1-2H3. The van der Waals surface area contributed by atoms with Gasteiger partial charge in [0.05, 0.1) is 12.2 Å². The van der Waals surface area contributed by atoms with Crippen LogP contribution in [0.1, 0.15) is 17.2 Å². The number of hydrazine groups is 1. The number of hydrogen-bond donors (Lipinski definition) is 2. The average Bonchev–Trinajstić information content (AvgIpc) is 3.28. The Hall–Kier alpha value is -2.21. The van der Waals surface area contributed by atoms with Crippen LogP contribution in [0, 0.1) is 5.92 Å². The molecule has 0 bridgehead atoms. The van der Waals surface area contributed by atoms with Gasteiger partial charge in [-0.05, 0) is 35.4 Å². The first-order chi connectivity index (χ1) is 12.7. The molecule has 2 heterocycles. The Labute approximate surface area is 155 Å². The van der Waals surface area contributed by atoms with Gasteiger partial charge in [0.1, 0.15) is 0 Å². The van der Waals surface area contributed by atoms with E-state index in [1.54, 1.807) is 0 Å². The SMILES string of the molecule is CN(CCc1cnn(C)c1)CC1CNNC1c1cccc2ccccc12. The monoisotopic (exact) mass is 349 g/mol. The van der Waals surface area contributed by atoms with Gasteiger partial charge in [-0.1, -0.05) is 42.5 Å². The van der Waals surface area contributed by atoms with Crippen molar-refractivity contribution >= 4 is 10.8 Å². The minimum absolute atomic E-state index is 0.335. The van der Waals surface area contributed by atoms with Crippen LogP contribution in [0.4, 0.5) is 0 Å². The van der Waals surface area contributed by atoms with Crippen molar-refractivity contribution in [2.45, 2.75) is 12.5 Å². The van der Waals surface area contributed by atoms with Gasteiger partial charge < -0.3 is 4.90 Å². The normalized spacial score (nSPS) is 20.3. The van der Waals surface area contributed by atoms with E-state index in [9.17, 15) is 0 Å². The van der Waals surface area contributed by atoms with Gasteiger partial charge >= 0.3 is 0 Å². The summed E-state index contributed by atoms with van der Waals surface area (Å²) in [6.07, 6.45) is 5.10. The molecule has 4 rings (SSSR count). The van der Waals surface area contributed by atoms with Crippen molar-refractivity contribution in [2.24, 2.45) is 13.0 Å². The molecule has 1 saturated heterocycles. The lowest BCUT2D eigenvalue weighted by atomic mass is 9.90. The fourth-order valence-corrected chi connectivity index (χ4v) is 3.97. The van der Waals surface area contributed by atoms with E-state index in [2.05, 4.69) is 76.6 Å². The number of nitrogens with zero attached hydrogens (tertiary/aromatic N) is 3. The number of fused-ring (bicyclic) bond motifs is 1. The minimum Gasteiger partial charge on any atom is -0.306 e. The molecule has 1 fully saturated rings. The van der Waals surface area contributed by atoms with Crippen molar-refractivity contribution in [3.63, 3.8) is 0 Å². The molecular formula is C21H27N5. The molecule has 2 atom stereocenters. The Kier molecular flexibility index (Phi) is 5.02. The van der Waals surface area contributed by atoms with Crippen molar-refractivity contribution in [2.75, 3.05) is 26.7 Å². The number of aryl methyl sites for hydroxylation is 1. The predicted octanol–water partition coefficient (Wildman–Crippen LogP) is 2.51. The van der Waals surface area contributed by atoms with Gasteiger partial charge in [0, 0.05) is 38.8 Å². The fraction of sp³-hybridized carbons (Fsp3) is 0.381. The summed E-state index contributed by atoms with van der Waals surface area (Å²) in [6.45, 7) is 3.10. The van der Waals surface area contributed by atoms with Gasteiger partial charge in [-0.25, -0.2) is 5.43 Å². The lowest BCUT2D eigenvalue weighted by Crippen LogP contribution is -2.31. The predicted molar refractivity (Wildman–Crippen MR) is 106 cm³/mol. The first kappa shape index (κ1) is 17.2. The first-order valence-electron chi connectivity index (χ1n) is 9.33. The van der Waals surface area contributed by atoms with E-state index in [0.717, 1.165) is 26.1 Å². The topological polar surface area (TPSA) is 45.1 Å². The van der Waals surface area contributed by atoms with E-state index in [-0.39, 0.29) is 0 Å². The Morgan fingerprint density at radius 1 is 1.19 bits per heavy atom. The number of benzene rings is 2. The second-order valence-corrected chi connectivity index (χ2v) is 7.37. The number of likely N-dealkylation sites (N-methyl/N-ethyl adjacent to an activating group) is 1. The second kappa shape index (κ2) is 7.58. The highest BCUT2D eigenvalue weighted by Crippen LogP contribution is 2.31. The Bertz CT molecular complexity index is 866. The molecule has 2 aromatic carbocycles. The summed E-state index contributed by atoms with van der Waals surface area (Å²) in [6, 6.07) is 15.6. The molecule has 5 heteroatoms. The van der Waals surface area contributed by atoms with Crippen molar-refractivity contribution in [1.29, 1.82) is 0 Å². The van der Waals surface area contributed by atoms with Crippen molar-refractivity contribution < 1.29 is 0 Å². The highest BCUT2D eigenvalue weighted by molar-refractivity contribution is 5.86. The van der Waals surface area contributed by atoms with Crippen molar-refractivity contribution in [1.82, 2.24) is 25.5 Å². The molecule has 0 amide bonds. The van der Waals surface area contributed by atoms with Gasteiger partial charge in [-0.3, -0.25) is 10.1 Å². The van der Waals surface area contributed by atoms with Crippen molar-refractivity contribution in [3.05, 3.63) is 66.0 Å². The maximum Gasteiger partial charge on any atom is 0.0522 e. The van der Waals surface area contributed by atoms with E-state index in [1.807, 2.05) is 17.9 Å². The Morgan fingerprint density at radius 3 is 2.88 bits per heavy atom. The van der Waals surface area contributed by atoms with E-state index in [4.69, 9.17) is 0 Å². The molecule has 136 valence electrons. The summed E-state index contributed by atoms with van der Waals surface area (Å²) in [5, 5.41) is 6.91. The molecule has 26 heavy (non-hydrogen) atoms. The molecule has 1 aromatic heterocycles. The van der Waals surface area contributed by atoms with Crippen LogP contribution in [0.5, 0.6) is 0 Å². The lowest BCUT2D eigenvalue weighted by Gasteiger charge is -2.25. The second-order valence-electron chi connectivity index (χ2n) is 7.37. The number of nitrogens with one attached hydrogen (secondary N) is 2. The third kappa shape index (κ3) is 3.65. The maximum absolute atomic E-state index is 4.26. The quantitative estimate of drug-likeness (QED) is 0.718. The van der Waals surface area contributed by atoms with E-state index < -0.39 is 0 Å². The van der Waals surface area contributed by atoms with Crippen LogP contribution >= 0.6 is 0 Å². The zero-order valence-electron chi connectivity index (χ0n) is 15.5. The van der Waals surface area contributed by atoms with E-state index in [0.29, 0.717) is 12.0 Å². The third-order valence-electron chi connectivity index (χ3n) is 5.34. The zero-order valence-corrected chi connectivity index (χ0v) is 15.5. The molecule has 2 unspecified atom stereocenters. The molecule has 0 aliphatic carbocycles. The fourth-order valence-electron chi connectivity index (χ4n) is 3.97.